The minimum absolute atomic E-state index is 0. The molecule has 1 aromatic heterocycles. The van der Waals surface area contributed by atoms with Crippen molar-refractivity contribution in [1.29, 1.82) is 0 Å². The third-order valence-electron chi connectivity index (χ3n) is 4.37. The van der Waals surface area contributed by atoms with E-state index >= 15 is 0 Å². The lowest BCUT2D eigenvalue weighted by Gasteiger charge is -2.22. The molecule has 0 aliphatic heterocycles. The highest BCUT2D eigenvalue weighted by Gasteiger charge is 2.13. The lowest BCUT2D eigenvalue weighted by atomic mass is 10.1. The van der Waals surface area contributed by atoms with Crippen LogP contribution in [0.2, 0.25) is 0 Å². The van der Waals surface area contributed by atoms with Gasteiger partial charge in [0, 0.05) is 37.2 Å². The molecular weight excluding hydrogens is 338 g/mol. The average Bonchev–Trinajstić information content (AvgIpc) is 2.64. The molecule has 0 aliphatic rings. The molecule has 0 unspecified atom stereocenters. The second-order valence-corrected chi connectivity index (χ2v) is 6.43. The molecular formula is C22H29N3O2. The van der Waals surface area contributed by atoms with Gasteiger partial charge in [-0.1, -0.05) is 31.7 Å². The van der Waals surface area contributed by atoms with Crippen molar-refractivity contribution in [3.05, 3.63) is 59.7 Å². The molecule has 3 rings (SSSR count). The van der Waals surface area contributed by atoms with Crippen molar-refractivity contribution in [2.45, 2.75) is 21.0 Å². The smallest absolute Gasteiger partial charge is 0.135 e. The first-order valence-electron chi connectivity index (χ1n) is 8.75. The van der Waals surface area contributed by atoms with Crippen LogP contribution in [0.15, 0.2) is 48.5 Å². The van der Waals surface area contributed by atoms with Gasteiger partial charge in [-0.15, -0.1) is 0 Å². The highest BCUT2D eigenvalue weighted by atomic mass is 16.5. The van der Waals surface area contributed by atoms with Crippen LogP contribution in [0.25, 0.3) is 10.9 Å². The van der Waals surface area contributed by atoms with Gasteiger partial charge in [0.15, 0.2) is 0 Å². The first-order valence-corrected chi connectivity index (χ1v) is 8.75. The fourth-order valence-corrected chi connectivity index (χ4v) is 2.94. The summed E-state index contributed by atoms with van der Waals surface area (Å²) in [5.41, 5.74) is 3.19. The number of pyridine rings is 1. The van der Waals surface area contributed by atoms with Crippen LogP contribution >= 0.6 is 0 Å². The minimum Gasteiger partial charge on any atom is -0.508 e. The van der Waals surface area contributed by atoms with Crippen LogP contribution in [-0.2, 0) is 6.61 Å². The molecule has 0 fully saturated rings. The molecule has 3 aromatic rings. The fourth-order valence-electron chi connectivity index (χ4n) is 2.94. The topological polar surface area (TPSA) is 57.6 Å². The van der Waals surface area contributed by atoms with Gasteiger partial charge >= 0.3 is 0 Å². The molecule has 0 amide bonds. The lowest BCUT2D eigenvalue weighted by molar-refractivity contribution is 0.304. The van der Waals surface area contributed by atoms with Gasteiger partial charge in [0.2, 0.25) is 0 Å². The molecule has 1 heterocycles. The largest absolute Gasteiger partial charge is 0.508 e. The van der Waals surface area contributed by atoms with E-state index in [9.17, 15) is 5.11 Å². The average molecular weight is 367 g/mol. The first kappa shape index (κ1) is 20.5. The molecule has 5 heteroatoms. The number of anilines is 1. The fraction of sp³-hybridized carbons (Fsp3) is 0.318. The molecule has 144 valence electrons. The van der Waals surface area contributed by atoms with Crippen LogP contribution in [0, 0.1) is 6.92 Å². The van der Waals surface area contributed by atoms with Crippen molar-refractivity contribution in [3.8, 4) is 11.5 Å². The molecule has 2 aromatic carbocycles. The number of para-hydroxylation sites is 1. The molecule has 0 saturated heterocycles. The summed E-state index contributed by atoms with van der Waals surface area (Å²) < 4.78 is 5.91. The van der Waals surface area contributed by atoms with Crippen molar-refractivity contribution in [2.75, 3.05) is 32.1 Å². The molecule has 2 N–H and O–H groups in total. The first-order chi connectivity index (χ1) is 12.6. The Morgan fingerprint density at radius 3 is 2.67 bits per heavy atom. The summed E-state index contributed by atoms with van der Waals surface area (Å²) in [5, 5.41) is 13.9. The van der Waals surface area contributed by atoms with E-state index in [4.69, 9.17) is 9.72 Å². The SMILES string of the molecule is C.CNCCN(C)c1nc2c(C)cccc2cc1COc1cccc(O)c1. The number of nitrogens with one attached hydrogen (secondary N) is 1. The zero-order valence-corrected chi connectivity index (χ0v) is 15.5. The summed E-state index contributed by atoms with van der Waals surface area (Å²) in [6.07, 6.45) is 0. The van der Waals surface area contributed by atoms with Crippen LogP contribution in [0.4, 0.5) is 5.82 Å². The highest BCUT2D eigenvalue weighted by Crippen LogP contribution is 2.27. The number of ether oxygens (including phenoxy) is 1. The van der Waals surface area contributed by atoms with Gasteiger partial charge in [0.1, 0.15) is 23.9 Å². The normalized spacial score (nSPS) is 10.5. The maximum Gasteiger partial charge on any atom is 0.135 e. The lowest BCUT2D eigenvalue weighted by Crippen LogP contribution is -2.28. The number of aromatic nitrogens is 1. The second kappa shape index (κ2) is 9.24. The Kier molecular flexibility index (Phi) is 7.02. The number of aryl methyl sites for hydroxylation is 1. The maximum absolute atomic E-state index is 9.61. The molecule has 0 saturated carbocycles. The number of phenols is 1. The molecule has 27 heavy (non-hydrogen) atoms. The third-order valence-corrected chi connectivity index (χ3v) is 4.37. The van der Waals surface area contributed by atoms with E-state index in [-0.39, 0.29) is 13.2 Å². The van der Waals surface area contributed by atoms with E-state index in [0.29, 0.717) is 12.4 Å². The maximum atomic E-state index is 9.61. The van der Waals surface area contributed by atoms with E-state index in [1.807, 2.05) is 26.2 Å². The number of aromatic hydroxyl groups is 1. The Morgan fingerprint density at radius 2 is 1.93 bits per heavy atom. The quantitative estimate of drug-likeness (QED) is 0.658. The van der Waals surface area contributed by atoms with Gasteiger partial charge in [0.25, 0.3) is 0 Å². The minimum atomic E-state index is 0. The number of likely N-dealkylation sites (N-methyl/N-ethyl adjacent to an activating group) is 2. The zero-order chi connectivity index (χ0) is 18.5. The number of rotatable bonds is 7. The van der Waals surface area contributed by atoms with Crippen molar-refractivity contribution >= 4 is 16.7 Å². The summed E-state index contributed by atoms with van der Waals surface area (Å²) in [6.45, 7) is 4.19. The van der Waals surface area contributed by atoms with Crippen molar-refractivity contribution < 1.29 is 9.84 Å². The number of fused-ring (bicyclic) bond motifs is 1. The highest BCUT2D eigenvalue weighted by molar-refractivity contribution is 5.84. The van der Waals surface area contributed by atoms with Crippen LogP contribution in [-0.4, -0.2) is 37.3 Å². The van der Waals surface area contributed by atoms with E-state index in [1.165, 1.54) is 0 Å². The van der Waals surface area contributed by atoms with E-state index in [2.05, 4.69) is 35.3 Å². The summed E-state index contributed by atoms with van der Waals surface area (Å²) in [6, 6.07) is 15.2. The Bertz CT molecular complexity index is 896. The number of phenolic OH excluding ortho intramolecular Hbond substituents is 1. The van der Waals surface area contributed by atoms with E-state index in [0.717, 1.165) is 40.9 Å². The van der Waals surface area contributed by atoms with Crippen LogP contribution < -0.4 is 15.0 Å². The number of hydrogen-bond donors (Lipinski definition) is 2. The molecule has 0 atom stereocenters. The summed E-state index contributed by atoms with van der Waals surface area (Å²) in [5.74, 6) is 1.75. The molecule has 0 bridgehead atoms. The second-order valence-electron chi connectivity index (χ2n) is 6.43. The third kappa shape index (κ3) is 4.89. The standard InChI is InChI=1S/C21H25N3O2.CH4/c1-15-6-4-7-16-12-17(14-26-19-9-5-8-18(25)13-19)21(23-20(15)16)24(3)11-10-22-2;/h4-9,12-13,22,25H,10-11,14H2,1-3H3;1H4. The molecule has 5 nitrogen and oxygen atoms in total. The van der Waals surface area contributed by atoms with Crippen LogP contribution in [0.3, 0.4) is 0 Å². The van der Waals surface area contributed by atoms with Crippen molar-refractivity contribution in [2.24, 2.45) is 0 Å². The van der Waals surface area contributed by atoms with Gasteiger partial charge in [-0.05, 0) is 37.7 Å². The van der Waals surface area contributed by atoms with E-state index in [1.54, 1.807) is 18.2 Å². The molecule has 0 aliphatic carbocycles. The molecule has 0 spiro atoms. The summed E-state index contributed by atoms with van der Waals surface area (Å²) in [4.78, 5) is 7.07. The van der Waals surface area contributed by atoms with Gasteiger partial charge in [0.05, 0.1) is 5.52 Å². The Morgan fingerprint density at radius 1 is 1.15 bits per heavy atom. The van der Waals surface area contributed by atoms with Gasteiger partial charge < -0.3 is 20.1 Å². The number of nitrogens with zero attached hydrogens (tertiary/aromatic N) is 2. The Labute approximate surface area is 161 Å². The summed E-state index contributed by atoms with van der Waals surface area (Å²) in [7, 11) is 3.99. The van der Waals surface area contributed by atoms with Crippen LogP contribution in [0.1, 0.15) is 18.6 Å². The molecule has 0 radical (unpaired) electrons. The zero-order valence-electron chi connectivity index (χ0n) is 15.5. The monoisotopic (exact) mass is 367 g/mol. The predicted octanol–water partition coefficient (Wildman–Crippen LogP) is 4.12. The summed E-state index contributed by atoms with van der Waals surface area (Å²) >= 11 is 0. The van der Waals surface area contributed by atoms with Crippen LogP contribution in [0.5, 0.6) is 11.5 Å². The Hall–Kier alpha value is -2.79. The predicted molar refractivity (Wildman–Crippen MR) is 113 cm³/mol. The number of benzene rings is 2. The van der Waals surface area contributed by atoms with Crippen molar-refractivity contribution in [3.63, 3.8) is 0 Å². The van der Waals surface area contributed by atoms with Gasteiger partial charge in [-0.3, -0.25) is 0 Å². The van der Waals surface area contributed by atoms with Gasteiger partial charge in [-0.25, -0.2) is 4.98 Å². The van der Waals surface area contributed by atoms with Gasteiger partial charge in [-0.2, -0.15) is 0 Å². The Balaban J connectivity index is 0.00000261. The van der Waals surface area contributed by atoms with Crippen molar-refractivity contribution in [1.82, 2.24) is 10.3 Å². The van der Waals surface area contributed by atoms with E-state index < -0.39 is 0 Å². The number of hydrogen-bond acceptors (Lipinski definition) is 5.